The van der Waals surface area contributed by atoms with Gasteiger partial charge in [0.1, 0.15) is 6.04 Å². The quantitative estimate of drug-likeness (QED) is 0.401. The van der Waals surface area contributed by atoms with E-state index in [1.807, 2.05) is 0 Å². The first-order chi connectivity index (χ1) is 9.57. The zero-order valence-corrected chi connectivity index (χ0v) is 12.6. The molecule has 0 aliphatic rings. The van der Waals surface area contributed by atoms with Crippen molar-refractivity contribution in [3.05, 3.63) is 0 Å². The highest BCUT2D eigenvalue weighted by Gasteiger charge is 2.13. The first kappa shape index (κ1) is 18.9. The SMILES string of the molecule is CCCCCCCCCCOC(=O)CC[C@@H](N)C(=O)O. The van der Waals surface area contributed by atoms with E-state index in [2.05, 4.69) is 6.92 Å². The van der Waals surface area contributed by atoms with Crippen molar-refractivity contribution in [3.8, 4) is 0 Å². The molecule has 0 rings (SSSR count). The second kappa shape index (κ2) is 12.9. The van der Waals surface area contributed by atoms with Crippen molar-refractivity contribution >= 4 is 11.9 Å². The smallest absolute Gasteiger partial charge is 0.320 e. The Morgan fingerprint density at radius 3 is 2.15 bits per heavy atom. The second-order valence-electron chi connectivity index (χ2n) is 5.18. The first-order valence-corrected chi connectivity index (χ1v) is 7.72. The molecule has 0 aromatic carbocycles. The third kappa shape index (κ3) is 12.0. The van der Waals surface area contributed by atoms with Crippen LogP contribution in [-0.4, -0.2) is 29.7 Å². The zero-order valence-electron chi connectivity index (χ0n) is 12.6. The fraction of sp³-hybridized carbons (Fsp3) is 0.867. The number of nitrogens with two attached hydrogens (primary N) is 1. The molecule has 0 aromatic heterocycles. The lowest BCUT2D eigenvalue weighted by Crippen LogP contribution is -2.30. The van der Waals surface area contributed by atoms with Crippen molar-refractivity contribution in [3.63, 3.8) is 0 Å². The Morgan fingerprint density at radius 1 is 1.05 bits per heavy atom. The summed E-state index contributed by atoms with van der Waals surface area (Å²) < 4.78 is 5.03. The average Bonchev–Trinajstić information content (AvgIpc) is 2.42. The maximum absolute atomic E-state index is 11.3. The molecule has 0 spiro atoms. The number of carbonyl (C=O) groups is 2. The van der Waals surface area contributed by atoms with Gasteiger partial charge in [0.05, 0.1) is 6.61 Å². The van der Waals surface area contributed by atoms with Gasteiger partial charge in [-0.15, -0.1) is 0 Å². The van der Waals surface area contributed by atoms with Gasteiger partial charge in [0, 0.05) is 6.42 Å². The van der Waals surface area contributed by atoms with Crippen LogP contribution in [0.2, 0.25) is 0 Å². The highest BCUT2D eigenvalue weighted by atomic mass is 16.5. The van der Waals surface area contributed by atoms with Gasteiger partial charge in [0.25, 0.3) is 0 Å². The Balaban J connectivity index is 3.29. The Hall–Kier alpha value is -1.10. The minimum absolute atomic E-state index is 0.0739. The lowest BCUT2D eigenvalue weighted by atomic mass is 10.1. The van der Waals surface area contributed by atoms with Gasteiger partial charge >= 0.3 is 11.9 Å². The normalized spacial score (nSPS) is 12.1. The lowest BCUT2D eigenvalue weighted by Gasteiger charge is -2.07. The van der Waals surface area contributed by atoms with E-state index < -0.39 is 12.0 Å². The van der Waals surface area contributed by atoms with Crippen LogP contribution >= 0.6 is 0 Å². The van der Waals surface area contributed by atoms with E-state index >= 15 is 0 Å². The van der Waals surface area contributed by atoms with Gasteiger partial charge in [0.2, 0.25) is 0 Å². The summed E-state index contributed by atoms with van der Waals surface area (Å²) in [5.41, 5.74) is 5.30. The Kier molecular flexibility index (Phi) is 12.2. The van der Waals surface area contributed by atoms with Crippen LogP contribution < -0.4 is 5.73 Å². The standard InChI is InChI=1S/C15H29NO4/c1-2-3-4-5-6-7-8-9-12-20-14(17)11-10-13(16)15(18)19/h13H,2-12,16H2,1H3,(H,18,19)/t13-/m1/s1. The summed E-state index contributed by atoms with van der Waals surface area (Å²) in [6, 6.07) is -0.981. The van der Waals surface area contributed by atoms with Gasteiger partial charge in [-0.2, -0.15) is 0 Å². The summed E-state index contributed by atoms with van der Waals surface area (Å²) >= 11 is 0. The summed E-state index contributed by atoms with van der Waals surface area (Å²) in [7, 11) is 0. The zero-order chi connectivity index (χ0) is 15.2. The number of hydrogen-bond donors (Lipinski definition) is 2. The van der Waals surface area contributed by atoms with Crippen LogP contribution in [0, 0.1) is 0 Å². The molecule has 5 heteroatoms. The van der Waals surface area contributed by atoms with Crippen LogP contribution in [0.25, 0.3) is 0 Å². The third-order valence-corrected chi connectivity index (χ3v) is 3.24. The lowest BCUT2D eigenvalue weighted by molar-refractivity contribution is -0.144. The minimum Gasteiger partial charge on any atom is -0.480 e. The predicted molar refractivity (Wildman–Crippen MR) is 78.4 cm³/mol. The topological polar surface area (TPSA) is 89.6 Å². The van der Waals surface area contributed by atoms with E-state index in [0.717, 1.165) is 12.8 Å². The second-order valence-corrected chi connectivity index (χ2v) is 5.18. The van der Waals surface area contributed by atoms with Gasteiger partial charge in [-0.1, -0.05) is 51.9 Å². The molecular weight excluding hydrogens is 258 g/mol. The molecule has 1 atom stereocenters. The Bertz CT molecular complexity index is 269. The van der Waals surface area contributed by atoms with E-state index in [9.17, 15) is 9.59 Å². The van der Waals surface area contributed by atoms with E-state index in [1.165, 1.54) is 38.5 Å². The highest BCUT2D eigenvalue weighted by molar-refractivity contribution is 5.75. The van der Waals surface area contributed by atoms with Crippen molar-refractivity contribution in [2.75, 3.05) is 6.61 Å². The number of aliphatic carboxylic acids is 1. The van der Waals surface area contributed by atoms with Crippen molar-refractivity contribution < 1.29 is 19.4 Å². The van der Waals surface area contributed by atoms with Crippen molar-refractivity contribution in [1.82, 2.24) is 0 Å². The number of ether oxygens (including phenoxy) is 1. The molecule has 0 aliphatic carbocycles. The van der Waals surface area contributed by atoms with E-state index in [4.69, 9.17) is 15.6 Å². The summed E-state index contributed by atoms with van der Waals surface area (Å²) in [6.45, 7) is 2.63. The maximum atomic E-state index is 11.3. The van der Waals surface area contributed by atoms with E-state index in [0.29, 0.717) is 6.61 Å². The fourth-order valence-corrected chi connectivity index (χ4v) is 1.89. The molecule has 0 amide bonds. The van der Waals surface area contributed by atoms with Crippen LogP contribution in [0.5, 0.6) is 0 Å². The molecule has 0 radical (unpaired) electrons. The molecule has 0 unspecified atom stereocenters. The molecule has 0 heterocycles. The van der Waals surface area contributed by atoms with Crippen LogP contribution in [0.15, 0.2) is 0 Å². The minimum atomic E-state index is -1.08. The van der Waals surface area contributed by atoms with Crippen molar-refractivity contribution in [1.29, 1.82) is 0 Å². The molecule has 0 saturated heterocycles. The molecule has 0 aliphatic heterocycles. The number of carboxylic acids is 1. The van der Waals surface area contributed by atoms with Crippen LogP contribution in [0.3, 0.4) is 0 Å². The molecule has 0 fully saturated rings. The molecule has 5 nitrogen and oxygen atoms in total. The highest BCUT2D eigenvalue weighted by Crippen LogP contribution is 2.08. The van der Waals surface area contributed by atoms with Crippen molar-refractivity contribution in [2.45, 2.75) is 77.2 Å². The van der Waals surface area contributed by atoms with Crippen LogP contribution in [-0.2, 0) is 14.3 Å². The van der Waals surface area contributed by atoms with E-state index in [1.54, 1.807) is 0 Å². The predicted octanol–water partition coefficient (Wildman–Crippen LogP) is 2.86. The molecule has 3 N–H and O–H groups in total. The monoisotopic (exact) mass is 287 g/mol. The number of unbranched alkanes of at least 4 members (excludes halogenated alkanes) is 7. The Morgan fingerprint density at radius 2 is 1.60 bits per heavy atom. The number of rotatable bonds is 13. The summed E-state index contributed by atoms with van der Waals surface area (Å²) in [4.78, 5) is 21.8. The van der Waals surface area contributed by atoms with E-state index in [-0.39, 0.29) is 18.8 Å². The first-order valence-electron chi connectivity index (χ1n) is 7.72. The third-order valence-electron chi connectivity index (χ3n) is 3.24. The summed E-state index contributed by atoms with van der Waals surface area (Å²) in [5, 5.41) is 8.57. The number of hydrogen-bond acceptors (Lipinski definition) is 4. The maximum Gasteiger partial charge on any atom is 0.320 e. The van der Waals surface area contributed by atoms with Crippen LogP contribution in [0.4, 0.5) is 0 Å². The summed E-state index contributed by atoms with van der Waals surface area (Å²) in [5.74, 6) is -1.44. The number of carboxylic acid groups (broad SMARTS) is 1. The molecule has 0 bridgehead atoms. The van der Waals surface area contributed by atoms with Gasteiger partial charge in [-0.05, 0) is 12.8 Å². The van der Waals surface area contributed by atoms with Crippen molar-refractivity contribution in [2.24, 2.45) is 5.73 Å². The average molecular weight is 287 g/mol. The number of carbonyl (C=O) groups excluding carboxylic acids is 1. The van der Waals surface area contributed by atoms with Crippen LogP contribution in [0.1, 0.15) is 71.1 Å². The molecule has 118 valence electrons. The van der Waals surface area contributed by atoms with Gasteiger partial charge in [-0.25, -0.2) is 0 Å². The van der Waals surface area contributed by atoms with Gasteiger partial charge in [0.15, 0.2) is 0 Å². The molecular formula is C15H29NO4. The molecule has 0 saturated carbocycles. The van der Waals surface area contributed by atoms with Gasteiger partial charge in [-0.3, -0.25) is 9.59 Å². The largest absolute Gasteiger partial charge is 0.480 e. The molecule has 0 aromatic rings. The fourth-order valence-electron chi connectivity index (χ4n) is 1.89. The van der Waals surface area contributed by atoms with Gasteiger partial charge < -0.3 is 15.6 Å². The number of esters is 1. The summed E-state index contributed by atoms with van der Waals surface area (Å²) in [6.07, 6.45) is 9.79. The Labute approximate surface area is 121 Å². The molecule has 20 heavy (non-hydrogen) atoms.